The van der Waals surface area contributed by atoms with Crippen LogP contribution in [0.5, 0.6) is 0 Å². The third kappa shape index (κ3) is 3.37. The van der Waals surface area contributed by atoms with Crippen molar-refractivity contribution in [1.82, 2.24) is 4.98 Å². The van der Waals surface area contributed by atoms with Crippen molar-refractivity contribution in [3.05, 3.63) is 99.8 Å². The summed E-state index contributed by atoms with van der Waals surface area (Å²) in [7, 11) is 0. The molecule has 150 valence electrons. The fraction of sp³-hybridized carbons (Fsp3) is 0.125. The van der Waals surface area contributed by atoms with Gasteiger partial charge in [-0.2, -0.15) is 0 Å². The molecule has 5 nitrogen and oxygen atoms in total. The Morgan fingerprint density at radius 3 is 2.43 bits per heavy atom. The molecule has 1 saturated heterocycles. The predicted octanol–water partition coefficient (Wildman–Crippen LogP) is 4.98. The van der Waals surface area contributed by atoms with Gasteiger partial charge >= 0.3 is 0 Å². The molecule has 2 heterocycles. The molecule has 0 saturated carbocycles. The first-order valence-electron chi connectivity index (χ1n) is 9.43. The smallest absolute Gasteiger partial charge is 0.300 e. The standard InChI is InChI=1S/C24H19ClN2O3/c1-14-6-9-16(10-7-14)22(28)20-21(18-5-3-4-12-26-18)27(24(30)23(20)29)19-13-17(25)11-8-15(19)2/h3-13,21,28H,1-2H3/b22-20+. The molecule has 1 amide bonds. The van der Waals surface area contributed by atoms with E-state index in [4.69, 9.17) is 11.6 Å². The highest BCUT2D eigenvalue weighted by molar-refractivity contribution is 6.52. The number of pyridine rings is 1. The molecular formula is C24H19ClN2O3. The minimum absolute atomic E-state index is 0.00179. The van der Waals surface area contributed by atoms with Crippen LogP contribution >= 0.6 is 11.6 Å². The molecule has 1 N–H and O–H groups in total. The lowest BCUT2D eigenvalue weighted by Gasteiger charge is -2.26. The summed E-state index contributed by atoms with van der Waals surface area (Å²) >= 11 is 6.18. The molecule has 1 aliphatic heterocycles. The molecule has 0 aliphatic carbocycles. The van der Waals surface area contributed by atoms with Gasteiger partial charge in [0.1, 0.15) is 11.8 Å². The van der Waals surface area contributed by atoms with Crippen LogP contribution in [0.2, 0.25) is 5.02 Å². The van der Waals surface area contributed by atoms with Gasteiger partial charge in [0.15, 0.2) is 0 Å². The van der Waals surface area contributed by atoms with E-state index in [9.17, 15) is 14.7 Å². The molecule has 0 bridgehead atoms. The van der Waals surface area contributed by atoms with Crippen molar-refractivity contribution < 1.29 is 14.7 Å². The quantitative estimate of drug-likeness (QED) is 0.370. The Morgan fingerprint density at radius 2 is 1.77 bits per heavy atom. The Kier molecular flexibility index (Phi) is 5.14. The van der Waals surface area contributed by atoms with Gasteiger partial charge in [0, 0.05) is 22.5 Å². The van der Waals surface area contributed by atoms with Crippen LogP contribution in [0.15, 0.2) is 72.4 Å². The first-order chi connectivity index (χ1) is 14.4. The van der Waals surface area contributed by atoms with Crippen molar-refractivity contribution in [1.29, 1.82) is 0 Å². The Hall–Kier alpha value is -3.44. The van der Waals surface area contributed by atoms with E-state index in [2.05, 4.69) is 4.98 Å². The Bertz CT molecular complexity index is 1170. The summed E-state index contributed by atoms with van der Waals surface area (Å²) in [6, 6.07) is 16.6. The number of hydrogen-bond donors (Lipinski definition) is 1. The SMILES string of the molecule is Cc1ccc(/C(O)=C2\C(=O)C(=O)N(c3cc(Cl)ccc3C)C2c2ccccn2)cc1. The van der Waals surface area contributed by atoms with Crippen molar-refractivity contribution in [2.45, 2.75) is 19.9 Å². The third-order valence-electron chi connectivity index (χ3n) is 5.17. The Balaban J connectivity index is 1.97. The topological polar surface area (TPSA) is 70.5 Å². The third-order valence-corrected chi connectivity index (χ3v) is 5.40. The highest BCUT2D eigenvalue weighted by atomic mass is 35.5. The lowest BCUT2D eigenvalue weighted by Crippen LogP contribution is -2.30. The monoisotopic (exact) mass is 418 g/mol. The summed E-state index contributed by atoms with van der Waals surface area (Å²) in [4.78, 5) is 31.9. The van der Waals surface area contributed by atoms with Crippen LogP contribution in [-0.2, 0) is 9.59 Å². The van der Waals surface area contributed by atoms with Gasteiger partial charge in [0.2, 0.25) is 0 Å². The molecule has 1 fully saturated rings. The van der Waals surface area contributed by atoms with Crippen molar-refractivity contribution in [3.63, 3.8) is 0 Å². The number of aromatic nitrogens is 1. The molecule has 4 rings (SSSR count). The molecular weight excluding hydrogens is 400 g/mol. The normalized spacial score (nSPS) is 18.1. The number of benzene rings is 2. The van der Waals surface area contributed by atoms with E-state index in [1.165, 1.54) is 4.90 Å². The van der Waals surface area contributed by atoms with Gasteiger partial charge in [-0.15, -0.1) is 0 Å². The maximum absolute atomic E-state index is 13.1. The summed E-state index contributed by atoms with van der Waals surface area (Å²) in [6.07, 6.45) is 1.59. The number of aryl methyl sites for hydroxylation is 2. The lowest BCUT2D eigenvalue weighted by molar-refractivity contribution is -0.132. The minimum Gasteiger partial charge on any atom is -0.507 e. The fourth-order valence-corrected chi connectivity index (χ4v) is 3.77. The van der Waals surface area contributed by atoms with Crippen LogP contribution < -0.4 is 4.90 Å². The zero-order valence-electron chi connectivity index (χ0n) is 16.5. The number of hydrogen-bond acceptors (Lipinski definition) is 4. The van der Waals surface area contributed by atoms with Gasteiger partial charge in [-0.05, 0) is 43.7 Å². The van der Waals surface area contributed by atoms with Crippen molar-refractivity contribution in [2.24, 2.45) is 0 Å². The largest absolute Gasteiger partial charge is 0.507 e. The number of Topliss-reactive ketones (excluding diaryl/α,β-unsaturated/α-hetero) is 1. The van der Waals surface area contributed by atoms with Crippen LogP contribution in [0.3, 0.4) is 0 Å². The van der Waals surface area contributed by atoms with E-state index in [0.29, 0.717) is 22.0 Å². The average Bonchev–Trinajstić information content (AvgIpc) is 3.01. The highest BCUT2D eigenvalue weighted by Gasteiger charge is 2.48. The van der Waals surface area contributed by atoms with Crippen LogP contribution in [0.1, 0.15) is 28.4 Å². The van der Waals surface area contributed by atoms with Crippen LogP contribution in [0.4, 0.5) is 5.69 Å². The second kappa shape index (κ2) is 7.76. The molecule has 30 heavy (non-hydrogen) atoms. The van der Waals surface area contributed by atoms with E-state index in [-0.39, 0.29) is 11.3 Å². The van der Waals surface area contributed by atoms with E-state index in [1.807, 2.05) is 26.0 Å². The summed E-state index contributed by atoms with van der Waals surface area (Å²) in [6.45, 7) is 3.76. The number of amides is 1. The first-order valence-corrected chi connectivity index (χ1v) is 9.81. The summed E-state index contributed by atoms with van der Waals surface area (Å²) < 4.78 is 0. The minimum atomic E-state index is -0.871. The Labute approximate surface area is 179 Å². The molecule has 0 spiro atoms. The van der Waals surface area contributed by atoms with Gasteiger partial charge in [-0.25, -0.2) is 0 Å². The van der Waals surface area contributed by atoms with Crippen LogP contribution in [0, 0.1) is 13.8 Å². The van der Waals surface area contributed by atoms with E-state index in [0.717, 1.165) is 11.1 Å². The number of nitrogens with zero attached hydrogens (tertiary/aromatic N) is 2. The fourth-order valence-electron chi connectivity index (χ4n) is 3.61. The second-order valence-corrected chi connectivity index (χ2v) is 7.66. The van der Waals surface area contributed by atoms with Crippen molar-refractivity contribution in [2.75, 3.05) is 4.90 Å². The number of aliphatic hydroxyl groups excluding tert-OH is 1. The summed E-state index contributed by atoms with van der Waals surface area (Å²) in [5.74, 6) is -1.72. The number of carbonyl (C=O) groups excluding carboxylic acids is 2. The molecule has 1 unspecified atom stereocenters. The van der Waals surface area contributed by atoms with Gasteiger partial charge in [0.25, 0.3) is 11.7 Å². The first kappa shape index (κ1) is 19.9. The Morgan fingerprint density at radius 1 is 1.03 bits per heavy atom. The number of rotatable bonds is 3. The van der Waals surface area contributed by atoms with Gasteiger partial charge < -0.3 is 5.11 Å². The number of ketones is 1. The highest BCUT2D eigenvalue weighted by Crippen LogP contribution is 2.43. The zero-order valence-corrected chi connectivity index (χ0v) is 17.2. The zero-order chi connectivity index (χ0) is 21.4. The van der Waals surface area contributed by atoms with Gasteiger partial charge in [0.05, 0.1) is 11.3 Å². The molecule has 2 aromatic carbocycles. The van der Waals surface area contributed by atoms with Crippen LogP contribution in [0.25, 0.3) is 5.76 Å². The van der Waals surface area contributed by atoms with E-state index >= 15 is 0 Å². The van der Waals surface area contributed by atoms with Crippen molar-refractivity contribution >= 4 is 34.7 Å². The van der Waals surface area contributed by atoms with E-state index < -0.39 is 17.7 Å². The molecule has 0 radical (unpaired) electrons. The lowest BCUT2D eigenvalue weighted by atomic mass is 9.97. The number of anilines is 1. The molecule has 3 aromatic rings. The van der Waals surface area contributed by atoms with Crippen LogP contribution in [-0.4, -0.2) is 21.8 Å². The molecule has 1 atom stereocenters. The van der Waals surface area contributed by atoms with Gasteiger partial charge in [-0.1, -0.05) is 53.6 Å². The maximum Gasteiger partial charge on any atom is 0.300 e. The average molecular weight is 419 g/mol. The maximum atomic E-state index is 13.1. The summed E-state index contributed by atoms with van der Waals surface area (Å²) in [5, 5.41) is 11.5. The van der Waals surface area contributed by atoms with E-state index in [1.54, 1.807) is 54.7 Å². The predicted molar refractivity (Wildman–Crippen MR) is 116 cm³/mol. The van der Waals surface area contributed by atoms with Gasteiger partial charge in [-0.3, -0.25) is 19.5 Å². The molecule has 6 heteroatoms. The molecule has 1 aliphatic rings. The number of carbonyl (C=O) groups is 2. The number of halogens is 1. The van der Waals surface area contributed by atoms with Crippen molar-refractivity contribution in [3.8, 4) is 0 Å². The second-order valence-electron chi connectivity index (χ2n) is 7.22. The number of aliphatic hydroxyl groups is 1. The molecule has 1 aromatic heterocycles. The summed E-state index contributed by atoms with van der Waals surface area (Å²) in [5.41, 5.74) is 3.23.